The van der Waals surface area contributed by atoms with Crippen molar-refractivity contribution in [3.63, 3.8) is 0 Å². The molecule has 0 radical (unpaired) electrons. The summed E-state index contributed by atoms with van der Waals surface area (Å²) < 4.78 is 36.4. The van der Waals surface area contributed by atoms with Gasteiger partial charge in [-0.25, -0.2) is 4.79 Å². The molecule has 17 heteroatoms. The zero-order valence-corrected chi connectivity index (χ0v) is 37.9. The van der Waals surface area contributed by atoms with E-state index in [-0.39, 0.29) is 55.3 Å². The highest BCUT2D eigenvalue weighted by Gasteiger charge is 2.64. The monoisotopic (exact) mass is 920 g/mol. The van der Waals surface area contributed by atoms with E-state index >= 15 is 0 Å². The van der Waals surface area contributed by atoms with Crippen LogP contribution in [0.3, 0.4) is 0 Å². The van der Waals surface area contributed by atoms with Crippen molar-refractivity contribution in [3.8, 4) is 0 Å². The number of hydrogen-bond acceptors (Lipinski definition) is 15. The molecule has 3 aliphatic carbocycles. The highest BCUT2D eigenvalue weighted by molar-refractivity contribution is 5.98. The molecule has 0 spiro atoms. The number of carbonyl (C=O) groups is 4. The highest BCUT2D eigenvalue weighted by atomic mass is 16.8. The number of ether oxygens (including phenoxy) is 6. The van der Waals surface area contributed by atoms with Crippen LogP contribution < -0.4 is 5.32 Å². The van der Waals surface area contributed by atoms with E-state index in [4.69, 9.17) is 28.4 Å². The minimum atomic E-state index is -1.60. The van der Waals surface area contributed by atoms with Gasteiger partial charge in [-0.2, -0.15) is 0 Å². The number of aliphatic hydroxyl groups excluding tert-OH is 5. The van der Waals surface area contributed by atoms with Gasteiger partial charge in [-0.1, -0.05) is 60.7 Å². The Kier molecular flexibility index (Phi) is 15.8. The number of rotatable bonds is 19. The Morgan fingerprint density at radius 3 is 2.26 bits per heavy atom. The van der Waals surface area contributed by atoms with E-state index in [0.717, 1.165) is 31.2 Å². The fraction of sp³-hybridized carbons (Fsp3) is 0.592. The predicted molar refractivity (Wildman–Crippen MR) is 236 cm³/mol. The lowest BCUT2D eigenvalue weighted by Gasteiger charge is -2.39. The van der Waals surface area contributed by atoms with E-state index in [1.807, 2.05) is 30.3 Å². The Morgan fingerprint density at radius 1 is 0.924 bits per heavy atom. The Bertz CT molecular complexity index is 2070. The fourth-order valence-corrected chi connectivity index (χ4v) is 8.92. The summed E-state index contributed by atoms with van der Waals surface area (Å²) in [6.07, 6.45) is -0.738. The first-order valence-electron chi connectivity index (χ1n) is 22.9. The first-order valence-corrected chi connectivity index (χ1v) is 22.9. The molecule has 2 aromatic rings. The van der Waals surface area contributed by atoms with Gasteiger partial charge in [0.1, 0.15) is 54.4 Å². The average Bonchev–Trinajstić information content (AvgIpc) is 4.25. The van der Waals surface area contributed by atoms with Crippen LogP contribution in [-0.2, 0) is 49.2 Å². The van der Waals surface area contributed by atoms with Gasteiger partial charge in [0.15, 0.2) is 12.1 Å². The Morgan fingerprint density at radius 2 is 1.61 bits per heavy atom. The van der Waals surface area contributed by atoms with Crippen LogP contribution in [0.15, 0.2) is 72.3 Å². The number of carbonyl (C=O) groups excluding carboxylic acids is 4. The molecule has 17 nitrogen and oxygen atoms in total. The van der Waals surface area contributed by atoms with Gasteiger partial charge in [0.05, 0.1) is 31.4 Å². The third kappa shape index (κ3) is 11.8. The van der Waals surface area contributed by atoms with Crippen molar-refractivity contribution in [2.75, 3.05) is 26.9 Å². The lowest BCUT2D eigenvalue weighted by atomic mass is 9.90. The molecule has 0 bridgehead atoms. The number of likely N-dealkylation sites (N-methyl/N-ethyl adjacent to an activating group) is 1. The SMILES string of the molecule is CN(C(=O)C1=CC2OC(C3CC3)(C3CC3)OC2C(OC(=O)c2ccccc2C=CCOC2OC(CO)C(O)C(O)C2O)C1)C(Cc1ccccc1)C(=O)NC(CO)CCC(=O)OC(C)(C)C. The van der Waals surface area contributed by atoms with Crippen LogP contribution >= 0.6 is 0 Å². The topological polar surface area (TPSA) is 240 Å². The van der Waals surface area contributed by atoms with Gasteiger partial charge < -0.3 is 64.2 Å². The van der Waals surface area contributed by atoms with Gasteiger partial charge in [-0.15, -0.1) is 0 Å². The molecule has 4 fully saturated rings. The first kappa shape index (κ1) is 49.3. The van der Waals surface area contributed by atoms with Gasteiger partial charge in [0, 0.05) is 43.7 Å². The number of esters is 2. The van der Waals surface area contributed by atoms with Crippen molar-refractivity contribution in [2.45, 2.75) is 145 Å². The van der Waals surface area contributed by atoms with E-state index < -0.39 is 109 Å². The van der Waals surface area contributed by atoms with Crippen molar-refractivity contribution in [3.05, 3.63) is 89.0 Å². The summed E-state index contributed by atoms with van der Waals surface area (Å²) in [6.45, 7) is 4.09. The second-order valence-corrected chi connectivity index (χ2v) is 18.9. The van der Waals surface area contributed by atoms with E-state index in [9.17, 15) is 44.7 Å². The largest absolute Gasteiger partial charge is 0.460 e. The molecule has 5 aliphatic rings. The average molecular weight is 921 g/mol. The Labute approximate surface area is 384 Å². The second kappa shape index (κ2) is 21.2. The minimum absolute atomic E-state index is 0.0371. The molecule has 2 heterocycles. The van der Waals surface area contributed by atoms with E-state index in [1.165, 1.54) is 11.9 Å². The maximum atomic E-state index is 14.7. The van der Waals surface area contributed by atoms with Gasteiger partial charge in [0.2, 0.25) is 11.8 Å². The highest BCUT2D eigenvalue weighted by Crippen LogP contribution is 2.59. The number of hydrogen-bond donors (Lipinski definition) is 6. The normalized spacial score (nSPS) is 28.2. The lowest BCUT2D eigenvalue weighted by Crippen LogP contribution is -2.59. The predicted octanol–water partition coefficient (Wildman–Crippen LogP) is 2.34. The van der Waals surface area contributed by atoms with Crippen LogP contribution in [0.25, 0.3) is 6.08 Å². The molecule has 0 aromatic heterocycles. The smallest absolute Gasteiger partial charge is 0.339 e. The molecule has 2 aliphatic heterocycles. The number of benzene rings is 2. The summed E-state index contributed by atoms with van der Waals surface area (Å²) in [5, 5.41) is 53.2. The van der Waals surface area contributed by atoms with Gasteiger partial charge in [0.25, 0.3) is 0 Å². The third-order valence-electron chi connectivity index (χ3n) is 12.7. The summed E-state index contributed by atoms with van der Waals surface area (Å²) in [7, 11) is 1.53. The van der Waals surface area contributed by atoms with Crippen molar-refractivity contribution in [1.82, 2.24) is 10.2 Å². The standard InChI is InChI=1S/C49H64N2O15/c1-48(2,3)65-39(54)21-20-33(26-52)50-44(58)35(23-28-11-6-5-7-12-28)51(4)45(59)30-24-36(43-37(25-30)64-49(66-43,31-16-17-31)32-18-19-32)62-46(60)34-15-9-8-13-29(34)14-10-22-61-47-42(57)41(56)40(55)38(27-53)63-47/h5-15,25,31-33,35-38,40-43,47,52-53,55-57H,16-24,26-27H2,1-4H3,(H,50,58). The summed E-state index contributed by atoms with van der Waals surface area (Å²) >= 11 is 0. The first-order chi connectivity index (χ1) is 31.5. The number of fused-ring (bicyclic) bond motifs is 1. The van der Waals surface area contributed by atoms with Crippen LogP contribution in [0.2, 0.25) is 0 Å². The molecule has 2 aromatic carbocycles. The quantitative estimate of drug-likeness (QED) is 0.111. The molecule has 66 heavy (non-hydrogen) atoms. The van der Waals surface area contributed by atoms with Gasteiger partial charge in [-0.05, 0) is 76.1 Å². The fourth-order valence-electron chi connectivity index (χ4n) is 8.92. The van der Waals surface area contributed by atoms with Crippen molar-refractivity contribution < 1.29 is 73.1 Å². The zero-order valence-electron chi connectivity index (χ0n) is 37.9. The van der Waals surface area contributed by atoms with Gasteiger partial charge >= 0.3 is 11.9 Å². The summed E-state index contributed by atoms with van der Waals surface area (Å²) in [4.78, 5) is 56.9. The maximum Gasteiger partial charge on any atom is 0.339 e. The molecule has 2 amide bonds. The van der Waals surface area contributed by atoms with E-state index in [1.54, 1.807) is 63.3 Å². The van der Waals surface area contributed by atoms with Gasteiger partial charge in [-0.3, -0.25) is 14.4 Å². The molecule has 10 atom stereocenters. The lowest BCUT2D eigenvalue weighted by molar-refractivity contribution is -0.298. The van der Waals surface area contributed by atoms with Crippen LogP contribution in [-0.4, -0.2) is 154 Å². The summed E-state index contributed by atoms with van der Waals surface area (Å²) in [5.41, 5.74) is 1.04. The molecular formula is C49H64N2O15. The van der Waals surface area contributed by atoms with E-state index in [0.29, 0.717) is 5.56 Å². The minimum Gasteiger partial charge on any atom is -0.460 e. The van der Waals surface area contributed by atoms with E-state index in [2.05, 4.69) is 5.32 Å². The number of amides is 2. The Hall–Kier alpha value is -4.56. The third-order valence-corrected chi connectivity index (χ3v) is 12.7. The van der Waals surface area contributed by atoms with Crippen molar-refractivity contribution >= 4 is 29.8 Å². The molecule has 360 valence electrons. The summed E-state index contributed by atoms with van der Waals surface area (Å²) in [6, 6.07) is 14.1. The second-order valence-electron chi connectivity index (χ2n) is 18.9. The molecule has 7 rings (SSSR count). The molecule has 10 unspecified atom stereocenters. The Balaban J connectivity index is 1.09. The molecule has 2 saturated heterocycles. The molecule has 2 saturated carbocycles. The number of aliphatic hydroxyl groups is 5. The van der Waals surface area contributed by atoms with Crippen molar-refractivity contribution in [1.29, 1.82) is 0 Å². The van der Waals surface area contributed by atoms with Crippen LogP contribution in [0.5, 0.6) is 0 Å². The van der Waals surface area contributed by atoms with Crippen LogP contribution in [0.1, 0.15) is 87.2 Å². The number of nitrogens with zero attached hydrogens (tertiary/aromatic N) is 1. The van der Waals surface area contributed by atoms with Crippen molar-refractivity contribution in [2.24, 2.45) is 11.8 Å². The van der Waals surface area contributed by atoms with Crippen LogP contribution in [0, 0.1) is 11.8 Å². The summed E-state index contributed by atoms with van der Waals surface area (Å²) in [5.74, 6) is -2.68. The van der Waals surface area contributed by atoms with Crippen LogP contribution in [0.4, 0.5) is 0 Å². The maximum absolute atomic E-state index is 14.7. The zero-order chi connectivity index (χ0) is 47.3. The number of nitrogens with one attached hydrogen (secondary N) is 1. The molecule has 6 N–H and O–H groups in total. The molecular weight excluding hydrogens is 857 g/mol.